The molecule has 1 aromatic heterocycles. The Morgan fingerprint density at radius 3 is 2.72 bits per heavy atom. The van der Waals surface area contributed by atoms with Gasteiger partial charge in [0, 0.05) is 22.8 Å². The minimum atomic E-state index is -0.742. The summed E-state index contributed by atoms with van der Waals surface area (Å²) in [6.07, 6.45) is 1.12. The lowest BCUT2D eigenvalue weighted by molar-refractivity contribution is 0.176. The summed E-state index contributed by atoms with van der Waals surface area (Å²) < 4.78 is 14.3. The molecule has 0 aliphatic rings. The normalized spacial score (nSPS) is 12.4. The molecule has 2 nitrogen and oxygen atoms in total. The van der Waals surface area contributed by atoms with Gasteiger partial charge in [-0.25, -0.2) is 4.39 Å². The quantitative estimate of drug-likeness (QED) is 0.940. The number of pyridine rings is 1. The zero-order valence-electron chi connectivity index (χ0n) is 9.90. The molecule has 0 radical (unpaired) electrons. The molecule has 18 heavy (non-hydrogen) atoms. The Kier molecular flexibility index (Phi) is 4.09. The van der Waals surface area contributed by atoms with Gasteiger partial charge < -0.3 is 5.11 Å². The number of rotatable bonds is 3. The highest BCUT2D eigenvalue weighted by molar-refractivity contribution is 9.10. The molecule has 0 saturated heterocycles. The maximum atomic E-state index is 13.6. The van der Waals surface area contributed by atoms with Gasteiger partial charge >= 0.3 is 0 Å². The minimum absolute atomic E-state index is 0.240. The van der Waals surface area contributed by atoms with E-state index in [4.69, 9.17) is 0 Å². The number of nitrogens with zero attached hydrogens (tertiary/aromatic N) is 1. The van der Waals surface area contributed by atoms with Gasteiger partial charge in [0.1, 0.15) is 5.82 Å². The second kappa shape index (κ2) is 5.59. The summed E-state index contributed by atoms with van der Waals surface area (Å²) in [5.41, 5.74) is 2.08. The van der Waals surface area contributed by atoms with Crippen LogP contribution in [-0.2, 0) is 6.42 Å². The van der Waals surface area contributed by atoms with Crippen LogP contribution in [0.25, 0.3) is 0 Å². The van der Waals surface area contributed by atoms with Gasteiger partial charge in [-0.05, 0) is 36.2 Å². The maximum Gasteiger partial charge on any atom is 0.127 e. The number of aliphatic hydroxyl groups excluding tert-OH is 1. The van der Waals surface area contributed by atoms with Gasteiger partial charge in [-0.15, -0.1) is 0 Å². The van der Waals surface area contributed by atoms with Gasteiger partial charge in [0.15, 0.2) is 0 Å². The molecule has 2 rings (SSSR count). The Balaban J connectivity index is 2.15. The second-order valence-electron chi connectivity index (χ2n) is 4.19. The van der Waals surface area contributed by atoms with Crippen molar-refractivity contribution in [2.45, 2.75) is 19.4 Å². The first-order chi connectivity index (χ1) is 8.56. The summed E-state index contributed by atoms with van der Waals surface area (Å²) in [6, 6.07) is 8.47. The Bertz CT molecular complexity index is 542. The lowest BCUT2D eigenvalue weighted by atomic mass is 10.0. The highest BCUT2D eigenvalue weighted by Crippen LogP contribution is 2.22. The van der Waals surface area contributed by atoms with Crippen LogP contribution in [0, 0.1) is 12.7 Å². The smallest absolute Gasteiger partial charge is 0.127 e. The fourth-order valence-electron chi connectivity index (χ4n) is 1.69. The number of hydrogen-bond donors (Lipinski definition) is 1. The Hall–Kier alpha value is -1.26. The van der Waals surface area contributed by atoms with Gasteiger partial charge in [0.05, 0.1) is 6.10 Å². The summed E-state index contributed by atoms with van der Waals surface area (Å²) in [5, 5.41) is 10.0. The monoisotopic (exact) mass is 309 g/mol. The van der Waals surface area contributed by atoms with Crippen LogP contribution in [0.4, 0.5) is 4.39 Å². The van der Waals surface area contributed by atoms with Crippen LogP contribution < -0.4 is 0 Å². The first kappa shape index (κ1) is 13.2. The molecule has 0 spiro atoms. The molecule has 0 aliphatic heterocycles. The molecule has 1 N–H and O–H groups in total. The van der Waals surface area contributed by atoms with Gasteiger partial charge in [0.2, 0.25) is 0 Å². The molecule has 0 saturated carbocycles. The van der Waals surface area contributed by atoms with E-state index in [2.05, 4.69) is 20.9 Å². The molecule has 0 amide bonds. The maximum absolute atomic E-state index is 13.6. The largest absolute Gasteiger partial charge is 0.388 e. The van der Waals surface area contributed by atoms with Crippen molar-refractivity contribution < 1.29 is 9.50 Å². The average molecular weight is 310 g/mol. The fourth-order valence-corrected chi connectivity index (χ4v) is 2.02. The molecule has 1 aromatic carbocycles. The predicted molar refractivity (Wildman–Crippen MR) is 71.7 cm³/mol. The fraction of sp³-hybridized carbons (Fsp3) is 0.214. The third-order valence-electron chi connectivity index (χ3n) is 2.75. The van der Waals surface area contributed by atoms with Crippen LogP contribution in [0.15, 0.2) is 41.0 Å². The van der Waals surface area contributed by atoms with Crippen molar-refractivity contribution in [3.63, 3.8) is 0 Å². The van der Waals surface area contributed by atoms with Crippen molar-refractivity contribution >= 4 is 15.9 Å². The number of aryl methyl sites for hydroxylation is 1. The first-order valence-electron chi connectivity index (χ1n) is 5.61. The van der Waals surface area contributed by atoms with Gasteiger partial charge in [-0.2, -0.15) is 0 Å². The number of halogens is 2. The van der Waals surface area contributed by atoms with Crippen LogP contribution in [0.5, 0.6) is 0 Å². The van der Waals surface area contributed by atoms with Gasteiger partial charge in [0.25, 0.3) is 0 Å². The number of hydrogen-bond acceptors (Lipinski definition) is 2. The van der Waals surface area contributed by atoms with E-state index in [0.717, 1.165) is 5.69 Å². The zero-order chi connectivity index (χ0) is 13.1. The topological polar surface area (TPSA) is 33.1 Å². The predicted octanol–water partition coefficient (Wildman–Crippen LogP) is 3.57. The summed E-state index contributed by atoms with van der Waals surface area (Å²) >= 11 is 3.20. The van der Waals surface area contributed by atoms with Crippen molar-refractivity contribution in [2.24, 2.45) is 0 Å². The van der Waals surface area contributed by atoms with Crippen molar-refractivity contribution in [1.82, 2.24) is 4.98 Å². The van der Waals surface area contributed by atoms with E-state index in [1.807, 2.05) is 19.1 Å². The van der Waals surface area contributed by atoms with E-state index in [1.54, 1.807) is 18.3 Å². The molecule has 1 heterocycles. The molecule has 94 valence electrons. The summed E-state index contributed by atoms with van der Waals surface area (Å²) in [7, 11) is 0. The van der Waals surface area contributed by atoms with Gasteiger partial charge in [-0.1, -0.05) is 28.1 Å². The third-order valence-corrected chi connectivity index (χ3v) is 3.24. The average Bonchev–Trinajstić information content (AvgIpc) is 2.33. The molecule has 0 bridgehead atoms. The number of benzene rings is 1. The Morgan fingerprint density at radius 1 is 1.33 bits per heavy atom. The lowest BCUT2D eigenvalue weighted by Gasteiger charge is -2.11. The second-order valence-corrected chi connectivity index (χ2v) is 5.10. The van der Waals surface area contributed by atoms with Crippen molar-refractivity contribution in [2.75, 3.05) is 0 Å². The molecule has 0 fully saturated rings. The van der Waals surface area contributed by atoms with E-state index < -0.39 is 6.10 Å². The van der Waals surface area contributed by atoms with E-state index in [-0.39, 0.29) is 12.2 Å². The van der Waals surface area contributed by atoms with Crippen molar-refractivity contribution in [1.29, 1.82) is 0 Å². The van der Waals surface area contributed by atoms with Gasteiger partial charge in [-0.3, -0.25) is 4.98 Å². The molecule has 1 atom stereocenters. The van der Waals surface area contributed by atoms with Crippen molar-refractivity contribution in [3.8, 4) is 0 Å². The number of aliphatic hydroxyl groups is 1. The highest BCUT2D eigenvalue weighted by Gasteiger charge is 2.12. The number of aromatic nitrogens is 1. The van der Waals surface area contributed by atoms with Crippen LogP contribution in [0.3, 0.4) is 0 Å². The highest BCUT2D eigenvalue weighted by atomic mass is 79.9. The third kappa shape index (κ3) is 3.15. The molecular formula is C14H13BrFNO. The van der Waals surface area contributed by atoms with Crippen LogP contribution in [-0.4, -0.2) is 10.1 Å². The van der Waals surface area contributed by atoms with E-state index in [1.165, 1.54) is 6.07 Å². The zero-order valence-corrected chi connectivity index (χ0v) is 11.5. The lowest BCUT2D eigenvalue weighted by Crippen LogP contribution is -2.04. The summed E-state index contributed by atoms with van der Waals surface area (Å²) in [4.78, 5) is 4.12. The Labute approximate surface area is 114 Å². The van der Waals surface area contributed by atoms with E-state index in [0.29, 0.717) is 15.6 Å². The molecular weight excluding hydrogens is 297 g/mol. The molecule has 0 aliphatic carbocycles. The van der Waals surface area contributed by atoms with Crippen LogP contribution >= 0.6 is 15.9 Å². The van der Waals surface area contributed by atoms with Crippen molar-refractivity contribution in [3.05, 3.63) is 63.6 Å². The standard InChI is InChI=1S/C14H13BrFNO/c1-9-2-3-11(8-17-9)14(18)6-10-4-5-12(15)7-13(10)16/h2-5,7-8,14,18H,6H2,1H3. The van der Waals surface area contributed by atoms with E-state index >= 15 is 0 Å². The van der Waals surface area contributed by atoms with Crippen LogP contribution in [0.2, 0.25) is 0 Å². The minimum Gasteiger partial charge on any atom is -0.388 e. The molecule has 4 heteroatoms. The summed E-state index contributed by atoms with van der Waals surface area (Å²) in [6.45, 7) is 1.88. The molecule has 2 aromatic rings. The SMILES string of the molecule is Cc1ccc(C(O)Cc2ccc(Br)cc2F)cn1. The summed E-state index contributed by atoms with van der Waals surface area (Å²) in [5.74, 6) is -0.316. The first-order valence-corrected chi connectivity index (χ1v) is 6.40. The molecule has 1 unspecified atom stereocenters. The Morgan fingerprint density at radius 2 is 2.11 bits per heavy atom. The van der Waals surface area contributed by atoms with Crippen LogP contribution in [0.1, 0.15) is 22.9 Å². The van der Waals surface area contributed by atoms with E-state index in [9.17, 15) is 9.50 Å².